The van der Waals surface area contributed by atoms with Gasteiger partial charge in [-0.3, -0.25) is 0 Å². The first-order chi connectivity index (χ1) is 11.4. The molecule has 0 unspecified atom stereocenters. The fourth-order valence-electron chi connectivity index (χ4n) is 4.26. The number of ketones is 1. The van der Waals surface area contributed by atoms with Gasteiger partial charge in [-0.1, -0.05) is 0 Å². The Morgan fingerprint density at radius 1 is 0.833 bits per heavy atom. The van der Waals surface area contributed by atoms with E-state index in [2.05, 4.69) is 34.6 Å². The quantitative estimate of drug-likeness (QED) is 0.242. The standard InChI is InChI=1S/C10H13O.3C4H9.Sn/c1-7-4-5-10(9(3)11)6-8(7)2;3*1-3-4-2;/h4,6H2,1-3H3;3*1,3-4H2,2H3;. The van der Waals surface area contributed by atoms with Gasteiger partial charge >= 0.3 is 155 Å². The first kappa shape index (κ1) is 22.0. The van der Waals surface area contributed by atoms with Crippen LogP contribution in [-0.2, 0) is 4.79 Å². The van der Waals surface area contributed by atoms with Crippen LogP contribution in [0.15, 0.2) is 20.3 Å². The van der Waals surface area contributed by atoms with Gasteiger partial charge in [0.05, 0.1) is 0 Å². The van der Waals surface area contributed by atoms with Crippen molar-refractivity contribution >= 4 is 24.2 Å². The zero-order valence-electron chi connectivity index (χ0n) is 17.2. The normalized spacial score (nSPS) is 16.1. The third kappa shape index (κ3) is 5.74. The first-order valence-corrected chi connectivity index (χ1v) is 17.8. The van der Waals surface area contributed by atoms with Crippen molar-refractivity contribution in [2.45, 2.75) is 106 Å². The van der Waals surface area contributed by atoms with Gasteiger partial charge < -0.3 is 0 Å². The van der Waals surface area contributed by atoms with Crippen LogP contribution in [0.2, 0.25) is 13.3 Å². The summed E-state index contributed by atoms with van der Waals surface area (Å²) in [6, 6.07) is 0. The molecule has 1 aliphatic carbocycles. The Morgan fingerprint density at radius 3 is 1.62 bits per heavy atom. The number of allylic oxidation sites excluding steroid dienone is 4. The molecule has 0 saturated carbocycles. The molecular formula is C22H40OSn. The molecule has 0 radical (unpaired) electrons. The molecule has 0 aromatic heterocycles. The van der Waals surface area contributed by atoms with Gasteiger partial charge in [-0.25, -0.2) is 0 Å². The Balaban J connectivity index is 3.34. The molecule has 0 fully saturated rings. The fourth-order valence-corrected chi connectivity index (χ4v) is 22.2. The third-order valence-electron chi connectivity index (χ3n) is 6.07. The average Bonchev–Trinajstić information content (AvgIpc) is 2.56. The summed E-state index contributed by atoms with van der Waals surface area (Å²) in [7, 11) is 0. The van der Waals surface area contributed by atoms with Crippen LogP contribution in [0.25, 0.3) is 0 Å². The van der Waals surface area contributed by atoms with Crippen molar-refractivity contribution < 1.29 is 4.79 Å². The summed E-state index contributed by atoms with van der Waals surface area (Å²) < 4.78 is 6.16. The molecule has 0 aromatic carbocycles. The minimum atomic E-state index is -2.45. The van der Waals surface area contributed by atoms with E-state index in [1.54, 1.807) is 9.16 Å². The zero-order chi connectivity index (χ0) is 18.2. The number of unbranched alkanes of at least 4 members (excludes halogenated alkanes) is 3. The van der Waals surface area contributed by atoms with Gasteiger partial charge in [0.2, 0.25) is 0 Å². The second-order valence-electron chi connectivity index (χ2n) is 8.02. The summed E-state index contributed by atoms with van der Waals surface area (Å²) in [5.74, 6) is 0.363. The van der Waals surface area contributed by atoms with Crippen molar-refractivity contribution in [3.05, 3.63) is 20.3 Å². The molecule has 0 N–H and O–H groups in total. The van der Waals surface area contributed by atoms with E-state index in [9.17, 15) is 4.79 Å². The summed E-state index contributed by atoms with van der Waals surface area (Å²) in [4.78, 5) is 12.5. The molecule has 0 aliphatic heterocycles. The Bertz CT molecular complexity index is 462. The summed E-state index contributed by atoms with van der Waals surface area (Å²) in [6.45, 7) is 13.3. The molecule has 0 aromatic rings. The van der Waals surface area contributed by atoms with Crippen molar-refractivity contribution in [2.24, 2.45) is 0 Å². The van der Waals surface area contributed by atoms with Gasteiger partial charge in [0.15, 0.2) is 0 Å². The molecule has 0 atom stereocenters. The predicted molar refractivity (Wildman–Crippen MR) is 110 cm³/mol. The van der Waals surface area contributed by atoms with Crippen LogP contribution in [0.5, 0.6) is 0 Å². The van der Waals surface area contributed by atoms with Crippen LogP contribution >= 0.6 is 0 Å². The summed E-state index contributed by atoms with van der Waals surface area (Å²) in [6.07, 6.45) is 10.1. The molecule has 0 saturated heterocycles. The van der Waals surface area contributed by atoms with Gasteiger partial charge in [-0.05, 0) is 0 Å². The average molecular weight is 439 g/mol. The predicted octanol–water partition coefficient (Wildman–Crippen LogP) is 7.39. The molecular weight excluding hydrogens is 399 g/mol. The van der Waals surface area contributed by atoms with Crippen LogP contribution in [0.4, 0.5) is 0 Å². The Hall–Kier alpha value is -0.0513. The van der Waals surface area contributed by atoms with E-state index >= 15 is 0 Å². The maximum absolute atomic E-state index is 12.5. The topological polar surface area (TPSA) is 17.1 Å². The molecule has 0 heterocycles. The van der Waals surface area contributed by atoms with Crippen molar-refractivity contribution in [2.75, 3.05) is 0 Å². The number of hydrogen-bond donors (Lipinski definition) is 0. The number of Topliss-reactive ketones (excluding diaryl/α,β-unsaturated/α-hetero) is 1. The van der Waals surface area contributed by atoms with Crippen molar-refractivity contribution in [3.8, 4) is 0 Å². The molecule has 0 amide bonds. The molecule has 0 spiro atoms. The minimum absolute atomic E-state index is 0.363. The van der Waals surface area contributed by atoms with Crippen LogP contribution < -0.4 is 0 Å². The van der Waals surface area contributed by atoms with E-state index < -0.39 is 18.4 Å². The van der Waals surface area contributed by atoms with E-state index in [-0.39, 0.29) is 0 Å². The summed E-state index contributed by atoms with van der Waals surface area (Å²) in [5, 5.41) is 0. The van der Waals surface area contributed by atoms with Crippen molar-refractivity contribution in [3.63, 3.8) is 0 Å². The van der Waals surface area contributed by atoms with Crippen LogP contribution in [0.1, 0.15) is 92.9 Å². The number of carbonyl (C=O) groups excluding carboxylic acids is 1. The molecule has 1 nitrogen and oxygen atoms in total. The van der Waals surface area contributed by atoms with Crippen LogP contribution in [0.3, 0.4) is 0 Å². The van der Waals surface area contributed by atoms with Crippen LogP contribution in [0, 0.1) is 0 Å². The second-order valence-corrected chi connectivity index (χ2v) is 21.3. The van der Waals surface area contributed by atoms with Crippen LogP contribution in [-0.4, -0.2) is 24.2 Å². The molecule has 24 heavy (non-hydrogen) atoms. The van der Waals surface area contributed by atoms with Crippen molar-refractivity contribution in [1.29, 1.82) is 0 Å². The van der Waals surface area contributed by atoms with Crippen molar-refractivity contribution in [1.82, 2.24) is 0 Å². The molecule has 2 heteroatoms. The summed E-state index contributed by atoms with van der Waals surface area (Å²) >= 11 is -2.45. The van der Waals surface area contributed by atoms with Gasteiger partial charge in [-0.2, -0.15) is 0 Å². The first-order valence-electron chi connectivity index (χ1n) is 10.3. The summed E-state index contributed by atoms with van der Waals surface area (Å²) in [5.41, 5.74) is 4.25. The van der Waals surface area contributed by atoms with Gasteiger partial charge in [-0.15, -0.1) is 0 Å². The fraction of sp³-hybridized carbons (Fsp3) is 0.773. The molecule has 1 rings (SSSR count). The van der Waals surface area contributed by atoms with Gasteiger partial charge in [0.1, 0.15) is 0 Å². The van der Waals surface area contributed by atoms with E-state index in [0.717, 1.165) is 12.8 Å². The molecule has 1 aliphatic rings. The SMILES string of the molecule is CCC[CH2][Sn]([CH2]CCC)([CH2]CCC)[C]1=C(C(C)=O)CC(C)=C(C)C1. The number of hydrogen-bond acceptors (Lipinski definition) is 1. The van der Waals surface area contributed by atoms with E-state index in [1.165, 1.54) is 63.0 Å². The Morgan fingerprint density at radius 2 is 1.25 bits per heavy atom. The van der Waals surface area contributed by atoms with Gasteiger partial charge in [0, 0.05) is 0 Å². The van der Waals surface area contributed by atoms with E-state index in [0.29, 0.717) is 5.78 Å². The Kier molecular flexibility index (Phi) is 9.92. The zero-order valence-corrected chi connectivity index (χ0v) is 20.0. The third-order valence-corrected chi connectivity index (χ3v) is 22.3. The van der Waals surface area contributed by atoms with Gasteiger partial charge in [0.25, 0.3) is 0 Å². The Labute approximate surface area is 155 Å². The molecule has 0 bridgehead atoms. The maximum atomic E-state index is 12.5. The van der Waals surface area contributed by atoms with E-state index in [1.807, 2.05) is 6.92 Å². The monoisotopic (exact) mass is 440 g/mol. The van der Waals surface area contributed by atoms with E-state index in [4.69, 9.17) is 0 Å². The second kappa shape index (κ2) is 10.8. The number of carbonyl (C=O) groups is 1. The molecule has 138 valence electrons. The number of rotatable bonds is 11.